The van der Waals surface area contributed by atoms with Gasteiger partial charge in [0.1, 0.15) is 0 Å². The second-order valence-electron chi connectivity index (χ2n) is 5.33. The Kier molecular flexibility index (Phi) is 4.40. The predicted molar refractivity (Wildman–Crippen MR) is 68.9 cm³/mol. The molecule has 0 radical (unpaired) electrons. The van der Waals surface area contributed by atoms with Crippen LogP contribution in [0.1, 0.15) is 32.6 Å². The Labute approximate surface area is 104 Å². The van der Waals surface area contributed by atoms with Crippen molar-refractivity contribution < 1.29 is 4.79 Å². The van der Waals surface area contributed by atoms with Crippen LogP contribution in [-0.4, -0.2) is 61.0 Å². The van der Waals surface area contributed by atoms with Crippen LogP contribution in [0.5, 0.6) is 0 Å². The molecule has 4 nitrogen and oxygen atoms in total. The van der Waals surface area contributed by atoms with E-state index in [1.165, 1.54) is 25.7 Å². The molecule has 4 heteroatoms. The molecule has 0 aromatic heterocycles. The average molecular weight is 239 g/mol. The number of nitrogens with one attached hydrogen (secondary N) is 1. The van der Waals surface area contributed by atoms with Crippen LogP contribution in [0.3, 0.4) is 0 Å². The summed E-state index contributed by atoms with van der Waals surface area (Å²) in [5.74, 6) is 0.333. The van der Waals surface area contributed by atoms with Gasteiger partial charge in [0.15, 0.2) is 0 Å². The minimum Gasteiger partial charge on any atom is -0.341 e. The molecule has 0 spiro atoms. The minimum absolute atomic E-state index is 0.0595. The summed E-state index contributed by atoms with van der Waals surface area (Å²) in [4.78, 5) is 16.7. The standard InChI is InChI=1S/C13H25N3O/c1-11(13(17)15-7-3-4-8-15)16-9-5-6-12(10-16)14-2/h11-12,14H,3-10H2,1-2H3. The van der Waals surface area contributed by atoms with Crippen molar-refractivity contribution >= 4 is 5.91 Å². The monoisotopic (exact) mass is 239 g/mol. The van der Waals surface area contributed by atoms with Crippen molar-refractivity contribution in [2.45, 2.75) is 44.7 Å². The summed E-state index contributed by atoms with van der Waals surface area (Å²) in [6, 6.07) is 0.613. The zero-order valence-corrected chi connectivity index (χ0v) is 11.1. The van der Waals surface area contributed by atoms with Gasteiger partial charge < -0.3 is 10.2 Å². The molecule has 2 heterocycles. The molecule has 0 aliphatic carbocycles. The molecule has 0 aromatic rings. The maximum Gasteiger partial charge on any atom is 0.239 e. The highest BCUT2D eigenvalue weighted by Gasteiger charge is 2.30. The Bertz CT molecular complexity index is 263. The normalized spacial score (nSPS) is 28.4. The fourth-order valence-electron chi connectivity index (χ4n) is 2.95. The van der Waals surface area contributed by atoms with Crippen LogP contribution in [0.2, 0.25) is 0 Å². The number of hydrogen-bond donors (Lipinski definition) is 1. The van der Waals surface area contributed by atoms with Gasteiger partial charge in [-0.1, -0.05) is 0 Å². The highest BCUT2D eigenvalue weighted by Crippen LogP contribution is 2.16. The number of likely N-dealkylation sites (tertiary alicyclic amines) is 2. The van der Waals surface area contributed by atoms with E-state index in [4.69, 9.17) is 0 Å². The number of hydrogen-bond acceptors (Lipinski definition) is 3. The molecule has 1 amide bonds. The van der Waals surface area contributed by atoms with Gasteiger partial charge in [-0.05, 0) is 46.2 Å². The topological polar surface area (TPSA) is 35.6 Å². The first kappa shape index (κ1) is 12.8. The largest absolute Gasteiger partial charge is 0.341 e. The van der Waals surface area contributed by atoms with Gasteiger partial charge in [0.2, 0.25) is 5.91 Å². The smallest absolute Gasteiger partial charge is 0.239 e. The van der Waals surface area contributed by atoms with Gasteiger partial charge in [-0.15, -0.1) is 0 Å². The van der Waals surface area contributed by atoms with Gasteiger partial charge in [-0.25, -0.2) is 0 Å². The summed E-state index contributed by atoms with van der Waals surface area (Å²) in [6.45, 7) is 6.08. The van der Waals surface area contributed by atoms with Crippen LogP contribution in [0.4, 0.5) is 0 Å². The molecule has 2 fully saturated rings. The third-order valence-electron chi connectivity index (χ3n) is 4.18. The highest BCUT2D eigenvalue weighted by molar-refractivity contribution is 5.81. The Hall–Kier alpha value is -0.610. The van der Waals surface area contributed by atoms with E-state index in [2.05, 4.69) is 17.1 Å². The quantitative estimate of drug-likeness (QED) is 0.787. The molecule has 0 saturated carbocycles. The van der Waals surface area contributed by atoms with Gasteiger partial charge in [-0.2, -0.15) is 0 Å². The molecule has 2 unspecified atom stereocenters. The third-order valence-corrected chi connectivity index (χ3v) is 4.18. The lowest BCUT2D eigenvalue weighted by Gasteiger charge is -2.37. The third kappa shape index (κ3) is 2.99. The predicted octanol–water partition coefficient (Wildman–Crippen LogP) is 0.681. The van der Waals surface area contributed by atoms with E-state index < -0.39 is 0 Å². The molecule has 2 rings (SSSR count). The lowest BCUT2D eigenvalue weighted by atomic mass is 10.0. The zero-order valence-electron chi connectivity index (χ0n) is 11.1. The summed E-state index contributed by atoms with van der Waals surface area (Å²) in [7, 11) is 2.02. The van der Waals surface area contributed by atoms with E-state index in [1.54, 1.807) is 0 Å². The maximum absolute atomic E-state index is 12.3. The van der Waals surface area contributed by atoms with Crippen molar-refractivity contribution in [3.05, 3.63) is 0 Å². The molecule has 2 saturated heterocycles. The lowest BCUT2D eigenvalue weighted by molar-refractivity contribution is -0.135. The van der Waals surface area contributed by atoms with Crippen molar-refractivity contribution in [1.29, 1.82) is 0 Å². The summed E-state index contributed by atoms with van der Waals surface area (Å²) >= 11 is 0. The lowest BCUT2D eigenvalue weighted by Crippen LogP contribution is -2.53. The van der Waals surface area contributed by atoms with Crippen molar-refractivity contribution in [2.75, 3.05) is 33.2 Å². The van der Waals surface area contributed by atoms with Gasteiger partial charge in [0.05, 0.1) is 6.04 Å². The number of carbonyl (C=O) groups excluding carboxylic acids is 1. The van der Waals surface area contributed by atoms with E-state index >= 15 is 0 Å². The van der Waals surface area contributed by atoms with Crippen LogP contribution in [0.25, 0.3) is 0 Å². The minimum atomic E-state index is 0.0595. The number of amides is 1. The van der Waals surface area contributed by atoms with Crippen LogP contribution >= 0.6 is 0 Å². The number of rotatable bonds is 3. The van der Waals surface area contributed by atoms with E-state index in [0.29, 0.717) is 11.9 Å². The average Bonchev–Trinajstić information content (AvgIpc) is 2.91. The van der Waals surface area contributed by atoms with Crippen LogP contribution in [-0.2, 0) is 4.79 Å². The van der Waals surface area contributed by atoms with E-state index in [-0.39, 0.29) is 6.04 Å². The number of likely N-dealkylation sites (N-methyl/N-ethyl adjacent to an activating group) is 1. The van der Waals surface area contributed by atoms with Crippen LogP contribution < -0.4 is 5.32 Å². The van der Waals surface area contributed by atoms with E-state index in [0.717, 1.165) is 26.2 Å². The molecule has 0 bridgehead atoms. The van der Waals surface area contributed by atoms with E-state index in [9.17, 15) is 4.79 Å². The van der Waals surface area contributed by atoms with Gasteiger partial charge in [-0.3, -0.25) is 9.69 Å². The van der Waals surface area contributed by atoms with Crippen molar-refractivity contribution in [3.63, 3.8) is 0 Å². The summed E-state index contributed by atoms with van der Waals surface area (Å²) < 4.78 is 0. The fourth-order valence-corrected chi connectivity index (χ4v) is 2.95. The molecule has 2 aliphatic heterocycles. The van der Waals surface area contributed by atoms with Crippen molar-refractivity contribution in [1.82, 2.24) is 15.1 Å². The summed E-state index contributed by atoms with van der Waals surface area (Å²) in [6.07, 6.45) is 4.79. The summed E-state index contributed by atoms with van der Waals surface area (Å²) in [5, 5.41) is 3.33. The van der Waals surface area contributed by atoms with Gasteiger partial charge >= 0.3 is 0 Å². The molecule has 1 N–H and O–H groups in total. The zero-order chi connectivity index (χ0) is 12.3. The molecule has 2 aliphatic rings. The second-order valence-corrected chi connectivity index (χ2v) is 5.33. The Morgan fingerprint density at radius 3 is 2.59 bits per heavy atom. The molecule has 98 valence electrons. The Balaban J connectivity index is 1.89. The first-order chi connectivity index (χ1) is 8.22. The fraction of sp³-hybridized carbons (Fsp3) is 0.923. The van der Waals surface area contributed by atoms with Crippen molar-refractivity contribution in [3.8, 4) is 0 Å². The molecule has 0 aromatic carbocycles. The molecule has 17 heavy (non-hydrogen) atoms. The second kappa shape index (κ2) is 5.83. The Morgan fingerprint density at radius 1 is 1.24 bits per heavy atom. The maximum atomic E-state index is 12.3. The number of piperidine rings is 1. The van der Waals surface area contributed by atoms with Crippen LogP contribution in [0.15, 0.2) is 0 Å². The highest BCUT2D eigenvalue weighted by atomic mass is 16.2. The SMILES string of the molecule is CNC1CCCN(C(C)C(=O)N2CCCC2)C1. The van der Waals surface area contributed by atoms with Crippen molar-refractivity contribution in [2.24, 2.45) is 0 Å². The molecule has 2 atom stereocenters. The molecular weight excluding hydrogens is 214 g/mol. The van der Waals surface area contributed by atoms with Crippen LogP contribution in [0, 0.1) is 0 Å². The van der Waals surface area contributed by atoms with Gasteiger partial charge in [0.25, 0.3) is 0 Å². The number of nitrogens with zero attached hydrogens (tertiary/aromatic N) is 2. The van der Waals surface area contributed by atoms with E-state index in [1.807, 2.05) is 11.9 Å². The molecular formula is C13H25N3O. The van der Waals surface area contributed by atoms with Gasteiger partial charge in [0, 0.05) is 25.7 Å². The number of carbonyl (C=O) groups is 1. The first-order valence-corrected chi connectivity index (χ1v) is 6.92. The summed E-state index contributed by atoms with van der Waals surface area (Å²) in [5.41, 5.74) is 0. The Morgan fingerprint density at radius 2 is 1.94 bits per heavy atom. The first-order valence-electron chi connectivity index (χ1n) is 6.92.